The van der Waals surface area contributed by atoms with Gasteiger partial charge in [0.2, 0.25) is 0 Å². The van der Waals surface area contributed by atoms with Gasteiger partial charge < -0.3 is 19.8 Å². The van der Waals surface area contributed by atoms with Gasteiger partial charge in [-0.2, -0.15) is 0 Å². The van der Waals surface area contributed by atoms with Crippen LogP contribution < -0.4 is 5.73 Å². The van der Waals surface area contributed by atoms with Crippen molar-refractivity contribution in [3.8, 4) is 0 Å². The third kappa shape index (κ3) is 3.67. The molecule has 0 spiro atoms. The fraction of sp³-hybridized carbons (Fsp3) is 0.471. The van der Waals surface area contributed by atoms with Gasteiger partial charge in [0.25, 0.3) is 0 Å². The lowest BCUT2D eigenvalue weighted by molar-refractivity contribution is 0.00578. The van der Waals surface area contributed by atoms with E-state index in [4.69, 9.17) is 31.4 Å². The summed E-state index contributed by atoms with van der Waals surface area (Å²) in [6.07, 6.45) is 1.85. The number of halogens is 1. The molecule has 130 valence electrons. The Kier molecular flexibility index (Phi) is 5.45. The van der Waals surface area contributed by atoms with E-state index in [0.29, 0.717) is 10.6 Å². The fourth-order valence-electron chi connectivity index (χ4n) is 2.33. The van der Waals surface area contributed by atoms with E-state index >= 15 is 0 Å². The molecule has 0 atom stereocenters. The number of nitrogens with two attached hydrogens (primary N) is 1. The molecule has 0 unspecified atom stereocenters. The Morgan fingerprint density at radius 2 is 1.88 bits per heavy atom. The molecule has 1 heterocycles. The van der Waals surface area contributed by atoms with Crippen molar-refractivity contribution in [2.75, 3.05) is 13.7 Å². The van der Waals surface area contributed by atoms with Crippen LogP contribution >= 0.6 is 11.6 Å². The molecule has 0 bridgehead atoms. The zero-order chi connectivity index (χ0) is 18.1. The molecule has 24 heavy (non-hydrogen) atoms. The number of hydrogen-bond donors (Lipinski definition) is 1. The van der Waals surface area contributed by atoms with Gasteiger partial charge in [-0.05, 0) is 50.9 Å². The van der Waals surface area contributed by atoms with Gasteiger partial charge in [0.1, 0.15) is 0 Å². The molecule has 1 fully saturated rings. The summed E-state index contributed by atoms with van der Waals surface area (Å²) in [6, 6.07) is 5.11. The fourth-order valence-corrected chi connectivity index (χ4v) is 2.53. The lowest BCUT2D eigenvalue weighted by Gasteiger charge is -2.32. The average Bonchev–Trinajstić information content (AvgIpc) is 2.73. The van der Waals surface area contributed by atoms with Gasteiger partial charge in [-0.3, -0.25) is 0 Å². The Labute approximate surface area is 148 Å². The number of carbonyl (C=O) groups is 1. The first-order valence-electron chi connectivity index (χ1n) is 7.75. The molecule has 1 saturated heterocycles. The maximum absolute atomic E-state index is 11.8. The summed E-state index contributed by atoms with van der Waals surface area (Å²) in [5.41, 5.74) is 6.86. The molecule has 1 aliphatic rings. The number of benzene rings is 1. The van der Waals surface area contributed by atoms with Gasteiger partial charge in [0.05, 0.1) is 28.9 Å². The van der Waals surface area contributed by atoms with Crippen LogP contribution in [0, 0.1) is 0 Å². The topological polar surface area (TPSA) is 70.8 Å². The molecule has 0 saturated carbocycles. The van der Waals surface area contributed by atoms with Crippen LogP contribution in [-0.2, 0) is 14.0 Å². The molecule has 2 N–H and O–H groups in total. The third-order valence-electron chi connectivity index (χ3n) is 4.54. The molecule has 0 aliphatic carbocycles. The van der Waals surface area contributed by atoms with Crippen molar-refractivity contribution in [1.29, 1.82) is 0 Å². The van der Waals surface area contributed by atoms with Crippen LogP contribution in [0.2, 0.25) is 5.02 Å². The zero-order valence-corrected chi connectivity index (χ0v) is 15.4. The predicted molar refractivity (Wildman–Crippen MR) is 95.9 cm³/mol. The normalized spacial score (nSPS) is 19.5. The van der Waals surface area contributed by atoms with E-state index < -0.39 is 24.3 Å². The molecular weight excluding hydrogens is 328 g/mol. The summed E-state index contributed by atoms with van der Waals surface area (Å²) >= 11 is 6.05. The van der Waals surface area contributed by atoms with Gasteiger partial charge in [-0.25, -0.2) is 4.79 Å². The largest absolute Gasteiger partial charge is 0.491 e. The monoisotopic (exact) mass is 351 g/mol. The van der Waals surface area contributed by atoms with E-state index in [-0.39, 0.29) is 6.54 Å². The predicted octanol–water partition coefficient (Wildman–Crippen LogP) is 3.10. The molecule has 1 aromatic carbocycles. The first-order chi connectivity index (χ1) is 11.1. The standard InChI is InChI=1S/C17H23BClNO4/c1-16(2)17(3,4)24-18(23-16)12(10-20)8-11-6-7-14(19)13(9-11)15(21)22-5/h6-9H,10,20H2,1-5H3. The Bertz CT molecular complexity index is 657. The van der Waals surface area contributed by atoms with E-state index in [1.54, 1.807) is 18.2 Å². The van der Waals surface area contributed by atoms with Crippen molar-refractivity contribution in [3.63, 3.8) is 0 Å². The van der Waals surface area contributed by atoms with Crippen molar-refractivity contribution in [3.05, 3.63) is 39.8 Å². The number of carbonyl (C=O) groups excluding carboxylic acids is 1. The number of esters is 1. The van der Waals surface area contributed by atoms with Crippen molar-refractivity contribution < 1.29 is 18.8 Å². The van der Waals surface area contributed by atoms with Crippen LogP contribution in [0.3, 0.4) is 0 Å². The molecular formula is C17H23BClNO4. The van der Waals surface area contributed by atoms with Crippen molar-refractivity contribution in [2.45, 2.75) is 38.9 Å². The molecule has 5 nitrogen and oxygen atoms in total. The lowest BCUT2D eigenvalue weighted by atomic mass is 9.77. The van der Waals surface area contributed by atoms with Crippen molar-refractivity contribution >= 4 is 30.8 Å². The maximum Gasteiger partial charge on any atom is 0.491 e. The molecule has 0 amide bonds. The van der Waals surface area contributed by atoms with Gasteiger partial charge in [-0.15, -0.1) is 0 Å². The van der Waals surface area contributed by atoms with Crippen LogP contribution in [0.15, 0.2) is 23.7 Å². The molecule has 0 radical (unpaired) electrons. The van der Waals surface area contributed by atoms with E-state index in [0.717, 1.165) is 11.0 Å². The number of rotatable bonds is 4. The summed E-state index contributed by atoms with van der Waals surface area (Å²) in [7, 11) is 0.786. The summed E-state index contributed by atoms with van der Waals surface area (Å²) in [5.74, 6) is -0.486. The zero-order valence-electron chi connectivity index (χ0n) is 14.7. The van der Waals surface area contributed by atoms with Gasteiger partial charge in [0.15, 0.2) is 0 Å². The van der Waals surface area contributed by atoms with Crippen LogP contribution in [0.1, 0.15) is 43.6 Å². The maximum atomic E-state index is 11.8. The molecule has 7 heteroatoms. The first kappa shape index (κ1) is 19.0. The van der Waals surface area contributed by atoms with Crippen molar-refractivity contribution in [2.24, 2.45) is 5.73 Å². The Morgan fingerprint density at radius 1 is 1.29 bits per heavy atom. The molecule has 1 aliphatic heterocycles. The van der Waals surface area contributed by atoms with Crippen LogP contribution in [-0.4, -0.2) is 37.9 Å². The van der Waals surface area contributed by atoms with Gasteiger partial charge in [0, 0.05) is 6.54 Å². The minimum Gasteiger partial charge on any atom is -0.465 e. The van der Waals surface area contributed by atoms with Crippen LogP contribution in [0.4, 0.5) is 0 Å². The van der Waals surface area contributed by atoms with E-state index in [9.17, 15) is 4.79 Å². The van der Waals surface area contributed by atoms with E-state index in [1.165, 1.54) is 7.11 Å². The highest BCUT2D eigenvalue weighted by Gasteiger charge is 2.52. The third-order valence-corrected chi connectivity index (χ3v) is 4.87. The number of hydrogen-bond acceptors (Lipinski definition) is 5. The summed E-state index contributed by atoms with van der Waals surface area (Å²) in [4.78, 5) is 11.8. The smallest absolute Gasteiger partial charge is 0.465 e. The lowest BCUT2D eigenvalue weighted by Crippen LogP contribution is -2.41. The highest BCUT2D eigenvalue weighted by molar-refractivity contribution is 6.55. The molecule has 2 rings (SSSR count). The second kappa shape index (κ2) is 6.88. The Hall–Kier alpha value is -1.34. The summed E-state index contributed by atoms with van der Waals surface area (Å²) < 4.78 is 16.8. The molecule has 1 aromatic rings. The Morgan fingerprint density at radius 3 is 2.38 bits per heavy atom. The minimum absolute atomic E-state index is 0.271. The van der Waals surface area contributed by atoms with Crippen molar-refractivity contribution in [1.82, 2.24) is 0 Å². The minimum atomic E-state index is -0.530. The van der Waals surface area contributed by atoms with E-state index in [1.807, 2.05) is 33.8 Å². The van der Waals surface area contributed by atoms with E-state index in [2.05, 4.69) is 0 Å². The van der Waals surface area contributed by atoms with Gasteiger partial charge in [-0.1, -0.05) is 23.7 Å². The summed E-state index contributed by atoms with van der Waals surface area (Å²) in [5, 5.41) is 0.337. The quantitative estimate of drug-likeness (QED) is 0.666. The first-order valence-corrected chi connectivity index (χ1v) is 8.13. The SMILES string of the molecule is COC(=O)c1cc(C=C(CN)B2OC(C)(C)C(C)(C)O2)ccc1Cl. The number of methoxy groups -OCH3 is 1. The highest BCUT2D eigenvalue weighted by atomic mass is 35.5. The molecule has 0 aromatic heterocycles. The summed E-state index contributed by atoms with van der Waals surface area (Å²) in [6.45, 7) is 8.21. The van der Waals surface area contributed by atoms with Crippen LogP contribution in [0.5, 0.6) is 0 Å². The van der Waals surface area contributed by atoms with Crippen LogP contribution in [0.25, 0.3) is 6.08 Å². The highest BCUT2D eigenvalue weighted by Crippen LogP contribution is 2.38. The second-order valence-corrected chi connectivity index (χ2v) is 7.15. The Balaban J connectivity index is 2.34. The van der Waals surface area contributed by atoms with Gasteiger partial charge >= 0.3 is 13.1 Å². The average molecular weight is 352 g/mol. The number of ether oxygens (including phenoxy) is 1. The second-order valence-electron chi connectivity index (χ2n) is 6.74.